The molecule has 0 aliphatic carbocycles. The van der Waals surface area contributed by atoms with E-state index in [9.17, 15) is 9.70 Å². The Morgan fingerprint density at radius 1 is 1.17 bits per heavy atom. The van der Waals surface area contributed by atoms with Gasteiger partial charge in [-0.15, -0.1) is 4.91 Å². The van der Waals surface area contributed by atoms with Gasteiger partial charge in [0, 0.05) is 24.8 Å². The van der Waals surface area contributed by atoms with E-state index in [2.05, 4.69) is 10.1 Å². The Morgan fingerprint density at radius 3 is 2.42 bits per heavy atom. The Hall–Kier alpha value is -2.11. The van der Waals surface area contributed by atoms with E-state index in [1.54, 1.807) is 6.07 Å². The number of anilines is 1. The Kier molecular flexibility index (Phi) is 4.01. The maximum Gasteiger partial charge on any atom is 0.410 e. The fourth-order valence-electron chi connectivity index (χ4n) is 3.71. The Bertz CT molecular complexity index is 681. The number of nitroso groups, excluding NO2 is 1. The molecule has 1 aromatic rings. The van der Waals surface area contributed by atoms with Gasteiger partial charge in [-0.2, -0.15) is 0 Å². The minimum Gasteiger partial charge on any atom is -0.444 e. The topological polar surface area (TPSA) is 62.2 Å². The summed E-state index contributed by atoms with van der Waals surface area (Å²) in [5, 5.41) is 3.08. The van der Waals surface area contributed by atoms with Crippen molar-refractivity contribution in [2.24, 2.45) is 5.18 Å². The summed E-state index contributed by atoms with van der Waals surface area (Å²) in [5.74, 6) is 0. The average Bonchev–Trinajstić information content (AvgIpc) is 3.08. The summed E-state index contributed by atoms with van der Waals surface area (Å²) < 4.78 is 5.51. The molecule has 6 heteroatoms. The first-order valence-electron chi connectivity index (χ1n) is 8.41. The standard InChI is InChI=1S/C18H25N3O3/c1-11-12(2)16(7-6-15(11)19-23)20-9-14-8-13(20)10-21(14)17(22)24-18(3,4)5/h6-7,13-14H,8-10H2,1-5H3/t13-,14-/m0/s1. The Morgan fingerprint density at radius 2 is 1.88 bits per heavy atom. The van der Waals surface area contributed by atoms with Crippen LogP contribution >= 0.6 is 0 Å². The molecule has 0 aromatic heterocycles. The lowest BCUT2D eigenvalue weighted by Crippen LogP contribution is -2.50. The quantitative estimate of drug-likeness (QED) is 0.771. The molecule has 1 aromatic carbocycles. The normalized spacial score (nSPS) is 22.9. The highest BCUT2D eigenvalue weighted by molar-refractivity contribution is 5.71. The van der Waals surface area contributed by atoms with Gasteiger partial charge in [-0.05, 0) is 69.5 Å². The summed E-state index contributed by atoms with van der Waals surface area (Å²) in [6.07, 6.45) is 0.744. The maximum absolute atomic E-state index is 12.3. The third kappa shape index (κ3) is 2.85. The first kappa shape index (κ1) is 16.7. The molecule has 2 atom stereocenters. The Balaban J connectivity index is 1.75. The third-order valence-corrected chi connectivity index (χ3v) is 5.01. The molecule has 0 N–H and O–H groups in total. The molecule has 2 fully saturated rings. The molecule has 1 amide bonds. The fraction of sp³-hybridized carbons (Fsp3) is 0.611. The van der Waals surface area contributed by atoms with Crippen molar-refractivity contribution in [1.82, 2.24) is 4.90 Å². The van der Waals surface area contributed by atoms with Crippen LogP contribution in [0.2, 0.25) is 0 Å². The van der Waals surface area contributed by atoms with Gasteiger partial charge in [-0.25, -0.2) is 4.79 Å². The third-order valence-electron chi connectivity index (χ3n) is 5.01. The van der Waals surface area contributed by atoms with Crippen LogP contribution in [0.15, 0.2) is 17.3 Å². The van der Waals surface area contributed by atoms with E-state index in [0.717, 1.165) is 29.8 Å². The second-order valence-electron chi connectivity index (χ2n) is 7.77. The van der Waals surface area contributed by atoms with Gasteiger partial charge >= 0.3 is 6.09 Å². The van der Waals surface area contributed by atoms with Crippen LogP contribution in [0.3, 0.4) is 0 Å². The smallest absolute Gasteiger partial charge is 0.410 e. The van der Waals surface area contributed by atoms with Crippen molar-refractivity contribution in [3.05, 3.63) is 28.2 Å². The number of likely N-dealkylation sites (tertiary alicyclic amines) is 1. The van der Waals surface area contributed by atoms with Crippen LogP contribution in [0.1, 0.15) is 38.3 Å². The van der Waals surface area contributed by atoms with E-state index in [1.165, 1.54) is 0 Å². The number of benzene rings is 1. The summed E-state index contributed by atoms with van der Waals surface area (Å²) >= 11 is 0. The fourth-order valence-corrected chi connectivity index (χ4v) is 3.71. The molecule has 2 aliphatic rings. The number of rotatable bonds is 2. The average molecular weight is 331 g/mol. The number of ether oxygens (including phenoxy) is 1. The van der Waals surface area contributed by atoms with Crippen molar-refractivity contribution < 1.29 is 9.53 Å². The van der Waals surface area contributed by atoms with Gasteiger partial charge in [0.2, 0.25) is 0 Å². The van der Waals surface area contributed by atoms with Crippen LogP contribution in [0.5, 0.6) is 0 Å². The number of hydrogen-bond acceptors (Lipinski definition) is 5. The summed E-state index contributed by atoms with van der Waals surface area (Å²) in [6.45, 7) is 11.1. The molecule has 3 rings (SSSR count). The van der Waals surface area contributed by atoms with Gasteiger partial charge in [0.1, 0.15) is 11.3 Å². The zero-order valence-corrected chi connectivity index (χ0v) is 15.0. The van der Waals surface area contributed by atoms with Gasteiger partial charge in [0.25, 0.3) is 0 Å². The largest absolute Gasteiger partial charge is 0.444 e. The first-order chi connectivity index (χ1) is 11.2. The predicted octanol–water partition coefficient (Wildman–Crippen LogP) is 3.90. The molecule has 2 aliphatic heterocycles. The van der Waals surface area contributed by atoms with E-state index < -0.39 is 5.60 Å². The summed E-state index contributed by atoms with van der Waals surface area (Å²) in [6, 6.07) is 4.24. The summed E-state index contributed by atoms with van der Waals surface area (Å²) in [5.41, 5.74) is 3.18. The zero-order chi connectivity index (χ0) is 17.6. The van der Waals surface area contributed by atoms with Gasteiger partial charge in [-0.1, -0.05) is 0 Å². The van der Waals surface area contributed by atoms with Gasteiger partial charge in [0.05, 0.1) is 6.04 Å². The molecule has 2 heterocycles. The lowest BCUT2D eigenvalue weighted by atomic mass is 10.0. The summed E-state index contributed by atoms with van der Waals surface area (Å²) in [4.78, 5) is 27.4. The molecular weight excluding hydrogens is 306 g/mol. The van der Waals surface area contributed by atoms with Crippen molar-refractivity contribution in [3.63, 3.8) is 0 Å². The molecule has 24 heavy (non-hydrogen) atoms. The number of fused-ring (bicyclic) bond motifs is 2. The van der Waals surface area contributed by atoms with E-state index >= 15 is 0 Å². The molecule has 130 valence electrons. The van der Waals surface area contributed by atoms with Crippen molar-refractivity contribution in [1.29, 1.82) is 0 Å². The van der Waals surface area contributed by atoms with Crippen LogP contribution in [0.25, 0.3) is 0 Å². The highest BCUT2D eigenvalue weighted by Gasteiger charge is 2.46. The lowest BCUT2D eigenvalue weighted by molar-refractivity contribution is 0.0215. The zero-order valence-electron chi connectivity index (χ0n) is 15.0. The molecule has 0 saturated carbocycles. The molecule has 0 radical (unpaired) electrons. The van der Waals surface area contributed by atoms with Gasteiger partial charge in [0.15, 0.2) is 0 Å². The molecule has 0 unspecified atom stereocenters. The number of nitrogens with zero attached hydrogens (tertiary/aromatic N) is 3. The minimum atomic E-state index is -0.468. The second kappa shape index (κ2) is 5.76. The lowest BCUT2D eigenvalue weighted by Gasteiger charge is -2.37. The molecule has 2 bridgehead atoms. The predicted molar refractivity (Wildman–Crippen MR) is 93.9 cm³/mol. The maximum atomic E-state index is 12.3. The van der Waals surface area contributed by atoms with Crippen molar-refractivity contribution in [2.75, 3.05) is 18.0 Å². The molecule has 6 nitrogen and oxygen atoms in total. The van der Waals surface area contributed by atoms with Crippen LogP contribution in [-0.4, -0.2) is 41.8 Å². The van der Waals surface area contributed by atoms with Gasteiger partial charge in [-0.3, -0.25) is 0 Å². The van der Waals surface area contributed by atoms with Crippen LogP contribution in [-0.2, 0) is 4.74 Å². The molecular formula is C18H25N3O3. The van der Waals surface area contributed by atoms with Crippen LogP contribution in [0.4, 0.5) is 16.2 Å². The molecule has 2 saturated heterocycles. The number of carbonyl (C=O) groups excluding carboxylic acids is 1. The number of hydrogen-bond donors (Lipinski definition) is 0. The van der Waals surface area contributed by atoms with Crippen molar-refractivity contribution in [3.8, 4) is 0 Å². The SMILES string of the molecule is Cc1c(N=O)ccc(N2C[C@@H]3C[C@H]2CN3C(=O)OC(C)(C)C)c1C. The van der Waals surface area contributed by atoms with Crippen molar-refractivity contribution >= 4 is 17.5 Å². The minimum absolute atomic E-state index is 0.188. The first-order valence-corrected chi connectivity index (χ1v) is 8.41. The number of piperazine rings is 1. The highest BCUT2D eigenvalue weighted by Crippen LogP contribution is 2.39. The Labute approximate surface area is 142 Å². The second-order valence-corrected chi connectivity index (χ2v) is 7.77. The summed E-state index contributed by atoms with van der Waals surface area (Å²) in [7, 11) is 0. The van der Waals surface area contributed by atoms with E-state index in [-0.39, 0.29) is 12.1 Å². The van der Waals surface area contributed by atoms with Crippen LogP contribution in [0, 0.1) is 18.8 Å². The van der Waals surface area contributed by atoms with Crippen LogP contribution < -0.4 is 4.90 Å². The van der Waals surface area contributed by atoms with E-state index in [4.69, 9.17) is 4.74 Å². The van der Waals surface area contributed by atoms with Gasteiger partial charge < -0.3 is 14.5 Å². The number of amides is 1. The van der Waals surface area contributed by atoms with Crippen molar-refractivity contribution in [2.45, 2.75) is 58.7 Å². The van der Waals surface area contributed by atoms with E-state index in [0.29, 0.717) is 18.3 Å². The van der Waals surface area contributed by atoms with E-state index in [1.807, 2.05) is 45.6 Å². The number of carbonyl (C=O) groups is 1. The molecule has 0 spiro atoms. The monoisotopic (exact) mass is 331 g/mol. The highest BCUT2D eigenvalue weighted by atomic mass is 16.6.